The summed E-state index contributed by atoms with van der Waals surface area (Å²) in [7, 11) is 5.69. The minimum Gasteiger partial charge on any atom is -0.376 e. The van der Waals surface area contributed by atoms with Crippen molar-refractivity contribution in [2.75, 3.05) is 30.9 Å². The lowest BCUT2D eigenvalue weighted by Crippen LogP contribution is -2.21. The Kier molecular flexibility index (Phi) is 15.8. The van der Waals surface area contributed by atoms with Gasteiger partial charge in [-0.15, -0.1) is 0 Å². The first-order valence-corrected chi connectivity index (χ1v) is 15.1. The second-order valence-corrected chi connectivity index (χ2v) is 10.9. The zero-order valence-electron chi connectivity index (χ0n) is 28.1. The Morgan fingerprint density at radius 3 is 2.30 bits per heavy atom. The summed E-state index contributed by atoms with van der Waals surface area (Å²) >= 11 is 0. The standard InChI is InChI=1S/C27H33N7O2.C7H8.2CH2O/c1-18(2)11-13-33(4)23-10-9-19(16-22(23)30-17-24-29-12-14-34(24)5)25-31-27(36-32-25)21-8-6-7-20(15-21)26(35)28-3;1-7-5-3-2-4-6-7;2*1-2/h6-10,12,14-16,18,30H,11,13,17H2,1-5H3,(H,28,35);2-6H,1H3;2*1H2. The first-order valence-electron chi connectivity index (χ1n) is 15.1. The quantitative estimate of drug-likeness (QED) is 0.183. The van der Waals surface area contributed by atoms with E-state index in [9.17, 15) is 4.79 Å². The molecule has 0 saturated carbocycles. The van der Waals surface area contributed by atoms with Crippen LogP contribution in [0.1, 0.15) is 42.0 Å². The molecule has 248 valence electrons. The molecule has 11 heteroatoms. The van der Waals surface area contributed by atoms with Crippen LogP contribution in [0.4, 0.5) is 11.4 Å². The van der Waals surface area contributed by atoms with Gasteiger partial charge in [-0.2, -0.15) is 4.98 Å². The molecule has 2 heterocycles. The minimum absolute atomic E-state index is 0.169. The highest BCUT2D eigenvalue weighted by atomic mass is 16.5. The SMILES string of the molecule is C=O.C=O.CNC(=O)c1cccc(-c2nc(-c3ccc(N(C)CCC(C)C)c(NCc4nccn4C)c3)no2)c1.Cc1ccccc1. The van der Waals surface area contributed by atoms with E-state index in [0.29, 0.717) is 35.3 Å². The van der Waals surface area contributed by atoms with Crippen molar-refractivity contribution in [2.24, 2.45) is 13.0 Å². The molecule has 0 aliphatic rings. The molecule has 2 N–H and O–H groups in total. The van der Waals surface area contributed by atoms with Crippen LogP contribution in [0.5, 0.6) is 0 Å². The summed E-state index contributed by atoms with van der Waals surface area (Å²) in [5.41, 5.74) is 5.43. The van der Waals surface area contributed by atoms with Crippen molar-refractivity contribution < 1.29 is 18.9 Å². The second kappa shape index (κ2) is 19.7. The van der Waals surface area contributed by atoms with E-state index in [1.165, 1.54) is 5.56 Å². The van der Waals surface area contributed by atoms with E-state index in [0.717, 1.165) is 35.7 Å². The van der Waals surface area contributed by atoms with Crippen LogP contribution < -0.4 is 15.5 Å². The highest BCUT2D eigenvalue weighted by molar-refractivity contribution is 5.95. The molecule has 0 fully saturated rings. The van der Waals surface area contributed by atoms with Crippen LogP contribution in [0.15, 0.2) is 89.7 Å². The Hall–Kier alpha value is -5.58. The van der Waals surface area contributed by atoms with E-state index in [2.05, 4.69) is 76.7 Å². The maximum atomic E-state index is 12.0. The van der Waals surface area contributed by atoms with Gasteiger partial charge in [-0.1, -0.05) is 61.0 Å². The first kappa shape index (κ1) is 37.6. The number of hydrogen-bond donors (Lipinski definition) is 2. The van der Waals surface area contributed by atoms with Crippen LogP contribution in [0, 0.1) is 12.8 Å². The Bertz CT molecular complexity index is 1650. The van der Waals surface area contributed by atoms with Crippen LogP contribution in [-0.4, -0.2) is 59.8 Å². The van der Waals surface area contributed by atoms with Crippen LogP contribution in [0.2, 0.25) is 0 Å². The topological polar surface area (TPSA) is 135 Å². The fraction of sp³-hybridized carbons (Fsp3) is 0.278. The lowest BCUT2D eigenvalue weighted by molar-refractivity contribution is -0.0987. The molecule has 1 amide bonds. The van der Waals surface area contributed by atoms with Crippen molar-refractivity contribution in [3.63, 3.8) is 0 Å². The summed E-state index contributed by atoms with van der Waals surface area (Å²) in [6, 6.07) is 23.5. The van der Waals surface area contributed by atoms with Crippen molar-refractivity contribution in [1.29, 1.82) is 0 Å². The number of amides is 1. The van der Waals surface area contributed by atoms with Crippen molar-refractivity contribution in [3.8, 4) is 22.8 Å². The number of carbonyl (C=O) groups is 3. The molecule has 0 aliphatic heterocycles. The third-order valence-electron chi connectivity index (χ3n) is 7.03. The lowest BCUT2D eigenvalue weighted by atomic mass is 10.1. The number of nitrogens with zero attached hydrogens (tertiary/aromatic N) is 5. The number of benzene rings is 3. The fourth-order valence-electron chi connectivity index (χ4n) is 4.39. The molecular weight excluding hydrogens is 594 g/mol. The monoisotopic (exact) mass is 639 g/mol. The van der Waals surface area contributed by atoms with Crippen LogP contribution in [-0.2, 0) is 23.2 Å². The van der Waals surface area contributed by atoms with Gasteiger partial charge in [0, 0.05) is 56.8 Å². The largest absolute Gasteiger partial charge is 0.376 e. The summed E-state index contributed by atoms with van der Waals surface area (Å²) in [4.78, 5) is 39.3. The van der Waals surface area contributed by atoms with Gasteiger partial charge in [0.1, 0.15) is 19.4 Å². The van der Waals surface area contributed by atoms with E-state index in [-0.39, 0.29) is 5.91 Å². The molecule has 5 aromatic rings. The number of carbonyl (C=O) groups excluding carboxylic acids is 3. The van der Waals surface area contributed by atoms with Gasteiger partial charge < -0.3 is 34.2 Å². The third-order valence-corrected chi connectivity index (χ3v) is 7.03. The predicted octanol–water partition coefficient (Wildman–Crippen LogP) is 6.22. The number of anilines is 2. The maximum Gasteiger partial charge on any atom is 0.258 e. The molecule has 11 nitrogen and oxygen atoms in total. The van der Waals surface area contributed by atoms with Gasteiger partial charge in [-0.25, -0.2) is 4.98 Å². The molecule has 0 aliphatic carbocycles. The fourth-order valence-corrected chi connectivity index (χ4v) is 4.39. The van der Waals surface area contributed by atoms with Gasteiger partial charge >= 0.3 is 0 Å². The van der Waals surface area contributed by atoms with Crippen LogP contribution in [0.3, 0.4) is 0 Å². The van der Waals surface area contributed by atoms with Gasteiger partial charge in [0.15, 0.2) is 0 Å². The zero-order valence-corrected chi connectivity index (χ0v) is 28.1. The average Bonchev–Trinajstić information content (AvgIpc) is 3.77. The zero-order chi connectivity index (χ0) is 34.8. The van der Waals surface area contributed by atoms with E-state index in [1.54, 1.807) is 31.4 Å². The molecule has 0 atom stereocenters. The second-order valence-electron chi connectivity index (χ2n) is 10.9. The molecule has 0 saturated heterocycles. The number of nitrogens with one attached hydrogen (secondary N) is 2. The molecule has 0 spiro atoms. The smallest absolute Gasteiger partial charge is 0.258 e. The number of aryl methyl sites for hydroxylation is 2. The molecule has 47 heavy (non-hydrogen) atoms. The summed E-state index contributed by atoms with van der Waals surface area (Å²) in [6.45, 7) is 12.1. The minimum atomic E-state index is -0.169. The Morgan fingerprint density at radius 1 is 0.979 bits per heavy atom. The third kappa shape index (κ3) is 11.4. The highest BCUT2D eigenvalue weighted by Crippen LogP contribution is 2.32. The molecular formula is C36H45N7O4. The molecule has 2 aromatic heterocycles. The number of aromatic nitrogens is 4. The lowest BCUT2D eigenvalue weighted by Gasteiger charge is -2.24. The molecule has 0 radical (unpaired) electrons. The van der Waals surface area contributed by atoms with Crippen LogP contribution in [0.25, 0.3) is 22.8 Å². The summed E-state index contributed by atoms with van der Waals surface area (Å²) in [5, 5.41) is 10.4. The van der Waals surface area contributed by atoms with E-state index in [4.69, 9.17) is 14.1 Å². The summed E-state index contributed by atoms with van der Waals surface area (Å²) in [6.07, 6.45) is 4.83. The Balaban J connectivity index is 0.000000602. The molecule has 0 bridgehead atoms. The Labute approximate surface area is 277 Å². The van der Waals surface area contributed by atoms with E-state index >= 15 is 0 Å². The number of hydrogen-bond acceptors (Lipinski definition) is 9. The number of imidazole rings is 1. The summed E-state index contributed by atoms with van der Waals surface area (Å²) in [5.74, 6) is 2.23. The maximum absolute atomic E-state index is 12.0. The molecule has 0 unspecified atom stereocenters. The van der Waals surface area contributed by atoms with Crippen molar-refractivity contribution in [3.05, 3.63) is 102 Å². The first-order chi connectivity index (χ1) is 22.7. The van der Waals surface area contributed by atoms with Gasteiger partial charge in [-0.3, -0.25) is 4.79 Å². The van der Waals surface area contributed by atoms with Gasteiger partial charge in [0.2, 0.25) is 5.82 Å². The van der Waals surface area contributed by atoms with Crippen molar-refractivity contribution in [1.82, 2.24) is 25.0 Å². The van der Waals surface area contributed by atoms with E-state index < -0.39 is 0 Å². The van der Waals surface area contributed by atoms with Gasteiger partial charge in [0.25, 0.3) is 11.8 Å². The highest BCUT2D eigenvalue weighted by Gasteiger charge is 2.16. The van der Waals surface area contributed by atoms with Crippen molar-refractivity contribution >= 4 is 30.9 Å². The average molecular weight is 640 g/mol. The predicted molar refractivity (Wildman–Crippen MR) is 187 cm³/mol. The Morgan fingerprint density at radius 2 is 1.70 bits per heavy atom. The number of rotatable bonds is 10. The summed E-state index contributed by atoms with van der Waals surface area (Å²) < 4.78 is 7.55. The van der Waals surface area contributed by atoms with Gasteiger partial charge in [-0.05, 0) is 55.7 Å². The molecule has 5 rings (SSSR count). The molecule has 3 aromatic carbocycles. The van der Waals surface area contributed by atoms with Gasteiger partial charge in [0.05, 0.1) is 17.9 Å². The van der Waals surface area contributed by atoms with E-state index in [1.807, 2.05) is 67.8 Å². The normalized spacial score (nSPS) is 9.94. The van der Waals surface area contributed by atoms with Crippen molar-refractivity contribution in [2.45, 2.75) is 33.7 Å². The van der Waals surface area contributed by atoms with Crippen LogP contribution >= 0.6 is 0 Å².